The lowest BCUT2D eigenvalue weighted by molar-refractivity contribution is -0.119. The molecule has 33 heavy (non-hydrogen) atoms. The Morgan fingerprint density at radius 3 is 2.58 bits per heavy atom. The van der Waals surface area contributed by atoms with Crippen LogP contribution in [0.15, 0.2) is 36.5 Å². The van der Waals surface area contributed by atoms with Crippen LogP contribution < -0.4 is 10.1 Å². The Bertz CT molecular complexity index is 1430. The standard InChI is InChI=1S/C23H18ClF2N5O2/c1-11-17(20-28-18(24)16-19(29-20)30-22(32)23(16,2)3)31-9-5-8-15(21(31)27-11)33-10-12-13(25)6-4-7-14(12)26/h4-9H,10H2,1-3H3,(H,28,29,30,32). The third kappa shape index (κ3) is 3.31. The number of hydrogen-bond donors (Lipinski definition) is 1. The Morgan fingerprint density at radius 1 is 1.12 bits per heavy atom. The van der Waals surface area contributed by atoms with Gasteiger partial charge in [0.2, 0.25) is 5.91 Å². The van der Waals surface area contributed by atoms with E-state index in [4.69, 9.17) is 16.3 Å². The van der Waals surface area contributed by atoms with Crippen LogP contribution in [0.4, 0.5) is 14.6 Å². The second kappa shape index (κ2) is 7.48. The highest BCUT2D eigenvalue weighted by Crippen LogP contribution is 2.41. The first-order valence-corrected chi connectivity index (χ1v) is 10.5. The number of aryl methyl sites for hydroxylation is 1. The van der Waals surface area contributed by atoms with E-state index in [1.807, 2.05) is 0 Å². The Kier molecular flexibility index (Phi) is 4.82. The van der Waals surface area contributed by atoms with Gasteiger partial charge in [-0.15, -0.1) is 0 Å². The van der Waals surface area contributed by atoms with Crippen molar-refractivity contribution in [1.82, 2.24) is 19.4 Å². The lowest BCUT2D eigenvalue weighted by atomic mass is 9.88. The summed E-state index contributed by atoms with van der Waals surface area (Å²) in [6, 6.07) is 7.02. The molecule has 1 aliphatic rings. The fourth-order valence-corrected chi connectivity index (χ4v) is 4.32. The Morgan fingerprint density at radius 2 is 1.85 bits per heavy atom. The Hall–Kier alpha value is -3.59. The maximum absolute atomic E-state index is 14.0. The molecule has 1 aromatic carbocycles. The molecule has 0 unspecified atom stereocenters. The summed E-state index contributed by atoms with van der Waals surface area (Å²) in [6.45, 7) is 4.98. The number of rotatable bonds is 4. The van der Waals surface area contributed by atoms with E-state index in [0.29, 0.717) is 34.2 Å². The molecule has 0 aliphatic carbocycles. The predicted octanol–water partition coefficient (Wildman–Crippen LogP) is 4.84. The van der Waals surface area contributed by atoms with Crippen LogP contribution in [0.3, 0.4) is 0 Å². The number of carbonyl (C=O) groups is 1. The minimum atomic E-state index is -0.845. The van der Waals surface area contributed by atoms with Gasteiger partial charge in [-0.1, -0.05) is 17.7 Å². The zero-order valence-electron chi connectivity index (χ0n) is 17.9. The highest BCUT2D eigenvalue weighted by atomic mass is 35.5. The number of halogens is 3. The van der Waals surface area contributed by atoms with Crippen molar-refractivity contribution >= 4 is 29.0 Å². The van der Waals surface area contributed by atoms with Crippen LogP contribution in [-0.2, 0) is 16.8 Å². The molecule has 1 aliphatic heterocycles. The molecule has 0 saturated carbocycles. The summed E-state index contributed by atoms with van der Waals surface area (Å²) in [5.74, 6) is -0.620. The second-order valence-corrected chi connectivity index (χ2v) is 8.60. The lowest BCUT2D eigenvalue weighted by Gasteiger charge is -2.15. The van der Waals surface area contributed by atoms with Crippen LogP contribution in [0, 0.1) is 18.6 Å². The van der Waals surface area contributed by atoms with Crippen molar-refractivity contribution < 1.29 is 18.3 Å². The van der Waals surface area contributed by atoms with Crippen LogP contribution in [-0.4, -0.2) is 25.3 Å². The topological polar surface area (TPSA) is 81.4 Å². The zero-order valence-corrected chi connectivity index (χ0v) is 18.7. The third-order valence-electron chi connectivity index (χ3n) is 5.72. The monoisotopic (exact) mass is 469 g/mol. The van der Waals surface area contributed by atoms with Gasteiger partial charge in [-0.25, -0.2) is 23.7 Å². The van der Waals surface area contributed by atoms with E-state index in [1.165, 1.54) is 18.2 Å². The molecule has 0 saturated heterocycles. The van der Waals surface area contributed by atoms with E-state index >= 15 is 0 Å². The molecule has 4 aromatic rings. The highest BCUT2D eigenvalue weighted by molar-refractivity contribution is 6.31. The minimum Gasteiger partial charge on any atom is -0.485 e. The molecule has 0 spiro atoms. The van der Waals surface area contributed by atoms with Crippen molar-refractivity contribution in [2.75, 3.05) is 5.32 Å². The summed E-state index contributed by atoms with van der Waals surface area (Å²) in [5, 5.41) is 2.93. The number of ether oxygens (including phenoxy) is 1. The van der Waals surface area contributed by atoms with Crippen molar-refractivity contribution in [3.8, 4) is 17.3 Å². The van der Waals surface area contributed by atoms with Gasteiger partial charge in [0.1, 0.15) is 34.9 Å². The van der Waals surface area contributed by atoms with Crippen molar-refractivity contribution in [2.24, 2.45) is 0 Å². The van der Waals surface area contributed by atoms with Gasteiger partial charge in [0, 0.05) is 11.8 Å². The van der Waals surface area contributed by atoms with E-state index in [2.05, 4.69) is 20.3 Å². The van der Waals surface area contributed by atoms with Gasteiger partial charge in [0.05, 0.1) is 16.7 Å². The number of hydrogen-bond acceptors (Lipinski definition) is 5. The summed E-state index contributed by atoms with van der Waals surface area (Å²) in [7, 11) is 0. The smallest absolute Gasteiger partial charge is 0.235 e. The minimum absolute atomic E-state index is 0.171. The first kappa shape index (κ1) is 21.3. The second-order valence-electron chi connectivity index (χ2n) is 8.24. The zero-order chi connectivity index (χ0) is 23.5. The molecule has 0 radical (unpaired) electrons. The number of pyridine rings is 1. The summed E-state index contributed by atoms with van der Waals surface area (Å²) < 4.78 is 35.4. The fraction of sp³-hybridized carbons (Fsp3) is 0.217. The molecule has 5 rings (SSSR count). The lowest BCUT2D eigenvalue weighted by Crippen LogP contribution is -2.27. The molecule has 0 atom stereocenters. The Labute approximate surface area is 192 Å². The van der Waals surface area contributed by atoms with Crippen LogP contribution in [0.2, 0.25) is 5.15 Å². The van der Waals surface area contributed by atoms with Crippen LogP contribution in [0.1, 0.15) is 30.7 Å². The first-order valence-electron chi connectivity index (χ1n) is 10.1. The van der Waals surface area contributed by atoms with Gasteiger partial charge < -0.3 is 10.1 Å². The van der Waals surface area contributed by atoms with Crippen molar-refractivity contribution in [3.63, 3.8) is 0 Å². The molecule has 1 N–H and O–H groups in total. The molecular formula is C23H18ClF2N5O2. The number of imidazole rings is 1. The predicted molar refractivity (Wildman–Crippen MR) is 118 cm³/mol. The van der Waals surface area contributed by atoms with E-state index < -0.39 is 17.0 Å². The van der Waals surface area contributed by atoms with Crippen molar-refractivity contribution in [1.29, 1.82) is 0 Å². The summed E-state index contributed by atoms with van der Waals surface area (Å²) in [6.07, 6.45) is 1.74. The number of anilines is 1. The summed E-state index contributed by atoms with van der Waals surface area (Å²) >= 11 is 6.45. The van der Waals surface area contributed by atoms with Gasteiger partial charge in [-0.3, -0.25) is 9.20 Å². The number of benzene rings is 1. The number of amides is 1. The third-order valence-corrected chi connectivity index (χ3v) is 6.00. The van der Waals surface area contributed by atoms with E-state index in [1.54, 1.807) is 43.5 Å². The number of nitrogens with one attached hydrogen (secondary N) is 1. The molecule has 0 fully saturated rings. The average molecular weight is 470 g/mol. The molecule has 1 amide bonds. The number of carbonyl (C=O) groups excluding carboxylic acids is 1. The quantitative estimate of drug-likeness (QED) is 0.432. The van der Waals surface area contributed by atoms with Gasteiger partial charge in [0.15, 0.2) is 17.2 Å². The fourth-order valence-electron chi connectivity index (χ4n) is 3.92. The van der Waals surface area contributed by atoms with Crippen molar-refractivity contribution in [2.45, 2.75) is 32.8 Å². The molecule has 4 heterocycles. The first-order chi connectivity index (χ1) is 15.7. The molecule has 3 aromatic heterocycles. The van der Waals surface area contributed by atoms with Gasteiger partial charge >= 0.3 is 0 Å². The molecule has 10 heteroatoms. The SMILES string of the molecule is Cc1nc2c(OCc3c(F)cccc3F)cccn2c1-c1nc(Cl)c2c(n1)NC(=O)C2(C)C. The van der Waals surface area contributed by atoms with Gasteiger partial charge in [-0.05, 0) is 45.0 Å². The van der Waals surface area contributed by atoms with E-state index in [-0.39, 0.29) is 29.1 Å². The number of nitrogens with zero attached hydrogens (tertiary/aromatic N) is 4. The summed E-state index contributed by atoms with van der Waals surface area (Å²) in [4.78, 5) is 25.9. The number of aromatic nitrogens is 4. The molecular weight excluding hydrogens is 452 g/mol. The number of fused-ring (bicyclic) bond motifs is 2. The van der Waals surface area contributed by atoms with Crippen LogP contribution >= 0.6 is 11.6 Å². The largest absolute Gasteiger partial charge is 0.485 e. The maximum atomic E-state index is 14.0. The van der Waals surface area contributed by atoms with Crippen molar-refractivity contribution in [3.05, 3.63) is 70.1 Å². The highest BCUT2D eigenvalue weighted by Gasteiger charge is 2.42. The molecule has 168 valence electrons. The van der Waals surface area contributed by atoms with Crippen LogP contribution in [0.5, 0.6) is 5.75 Å². The van der Waals surface area contributed by atoms with E-state index in [9.17, 15) is 13.6 Å². The summed E-state index contributed by atoms with van der Waals surface area (Å²) in [5.41, 5.74) is 1.09. The van der Waals surface area contributed by atoms with Gasteiger partial charge in [-0.2, -0.15) is 0 Å². The maximum Gasteiger partial charge on any atom is 0.235 e. The molecule has 0 bridgehead atoms. The molecule has 7 nitrogen and oxygen atoms in total. The van der Waals surface area contributed by atoms with Crippen LogP contribution in [0.25, 0.3) is 17.2 Å². The van der Waals surface area contributed by atoms with E-state index in [0.717, 1.165) is 0 Å². The average Bonchev–Trinajstić information content (AvgIpc) is 3.20. The normalized spacial score (nSPS) is 14.4. The van der Waals surface area contributed by atoms with Gasteiger partial charge in [0.25, 0.3) is 0 Å². The Balaban J connectivity index is 1.57.